The molecule has 1 aromatic carbocycles. The molecule has 2 N–H and O–H groups in total. The smallest absolute Gasteiger partial charge is 0.242 e. The van der Waals surface area contributed by atoms with Crippen molar-refractivity contribution in [1.29, 1.82) is 0 Å². The van der Waals surface area contributed by atoms with Crippen LogP contribution >= 0.6 is 0 Å². The third kappa shape index (κ3) is 4.15. The van der Waals surface area contributed by atoms with Crippen molar-refractivity contribution in [3.8, 4) is 11.8 Å². The van der Waals surface area contributed by atoms with E-state index in [1.165, 1.54) is 6.07 Å². The topological polar surface area (TPSA) is 66.4 Å². The first-order chi connectivity index (χ1) is 8.47. The first-order valence-corrected chi connectivity index (χ1v) is 7.17. The van der Waals surface area contributed by atoms with E-state index in [9.17, 15) is 8.42 Å². The van der Waals surface area contributed by atoms with E-state index in [1.807, 2.05) is 0 Å². The highest BCUT2D eigenvalue weighted by Crippen LogP contribution is 2.14. The van der Waals surface area contributed by atoms with Crippen LogP contribution in [0.5, 0.6) is 0 Å². The normalized spacial score (nSPS) is 11.1. The average molecular weight is 267 g/mol. The van der Waals surface area contributed by atoms with Gasteiger partial charge in [0.2, 0.25) is 10.0 Å². The van der Waals surface area contributed by atoms with Gasteiger partial charge in [0.15, 0.2) is 0 Å². The van der Waals surface area contributed by atoms with Crippen LogP contribution in [-0.2, 0) is 10.0 Å². The zero-order chi connectivity index (χ0) is 13.6. The van der Waals surface area contributed by atoms with Gasteiger partial charge in [0.1, 0.15) is 0 Å². The number of hydrogen-bond acceptors (Lipinski definition) is 3. The number of aliphatic hydroxyl groups excluding tert-OH is 1. The summed E-state index contributed by atoms with van der Waals surface area (Å²) in [5.41, 5.74) is 0.444. The van der Waals surface area contributed by atoms with Gasteiger partial charge in [-0.25, -0.2) is 13.1 Å². The Morgan fingerprint density at radius 2 is 2.00 bits per heavy atom. The molecule has 98 valence electrons. The minimum atomic E-state index is -3.54. The second-order valence-electron chi connectivity index (χ2n) is 4.05. The van der Waals surface area contributed by atoms with E-state index in [-0.39, 0.29) is 17.5 Å². The van der Waals surface area contributed by atoms with Crippen LogP contribution in [0.25, 0.3) is 0 Å². The molecule has 0 aromatic heterocycles. The Labute approximate surface area is 108 Å². The number of nitrogens with one attached hydrogen (secondary N) is 1. The van der Waals surface area contributed by atoms with Crippen molar-refractivity contribution < 1.29 is 13.5 Å². The predicted molar refractivity (Wildman–Crippen MR) is 70.5 cm³/mol. The standard InChI is InChI=1S/C13H17NO3S/c1-11(2)14-18(16,17)13-9-4-3-7-12(13)8-5-6-10-15/h3-4,7,9,11,14-15H,6,10H2,1-2H3. The Morgan fingerprint density at radius 3 is 2.61 bits per heavy atom. The molecule has 0 unspecified atom stereocenters. The van der Waals surface area contributed by atoms with Gasteiger partial charge in [-0.05, 0) is 26.0 Å². The van der Waals surface area contributed by atoms with Crippen molar-refractivity contribution >= 4 is 10.0 Å². The minimum absolute atomic E-state index is 0.0356. The Balaban J connectivity index is 3.14. The fourth-order valence-corrected chi connectivity index (χ4v) is 2.81. The molecule has 0 aliphatic heterocycles. The van der Waals surface area contributed by atoms with Gasteiger partial charge in [-0.1, -0.05) is 24.0 Å². The quantitative estimate of drug-likeness (QED) is 0.803. The summed E-state index contributed by atoms with van der Waals surface area (Å²) in [7, 11) is -3.54. The zero-order valence-corrected chi connectivity index (χ0v) is 11.3. The van der Waals surface area contributed by atoms with Crippen LogP contribution in [-0.4, -0.2) is 26.2 Å². The molecule has 0 amide bonds. The Morgan fingerprint density at radius 1 is 1.33 bits per heavy atom. The van der Waals surface area contributed by atoms with Crippen molar-refractivity contribution in [3.63, 3.8) is 0 Å². The Hall–Kier alpha value is -1.35. The van der Waals surface area contributed by atoms with Gasteiger partial charge < -0.3 is 5.11 Å². The lowest BCUT2D eigenvalue weighted by Crippen LogP contribution is -2.30. The molecule has 5 heteroatoms. The third-order valence-electron chi connectivity index (χ3n) is 2.03. The molecule has 1 rings (SSSR count). The first kappa shape index (κ1) is 14.7. The van der Waals surface area contributed by atoms with Crippen LogP contribution in [0.3, 0.4) is 0 Å². The fraction of sp³-hybridized carbons (Fsp3) is 0.385. The average Bonchev–Trinajstić information content (AvgIpc) is 2.28. The maximum atomic E-state index is 12.1. The van der Waals surface area contributed by atoms with Crippen LogP contribution in [0.2, 0.25) is 0 Å². The summed E-state index contributed by atoms with van der Waals surface area (Å²) in [6.07, 6.45) is 0.325. The third-order valence-corrected chi connectivity index (χ3v) is 3.74. The van der Waals surface area contributed by atoms with Crippen LogP contribution in [0, 0.1) is 11.8 Å². The van der Waals surface area contributed by atoms with Gasteiger partial charge in [-0.2, -0.15) is 0 Å². The molecule has 18 heavy (non-hydrogen) atoms. The van der Waals surface area contributed by atoms with E-state index >= 15 is 0 Å². The van der Waals surface area contributed by atoms with Crippen LogP contribution in [0.15, 0.2) is 29.2 Å². The van der Waals surface area contributed by atoms with Crippen molar-refractivity contribution in [2.24, 2.45) is 0 Å². The molecule has 0 aliphatic rings. The summed E-state index contributed by atoms with van der Waals surface area (Å²) >= 11 is 0. The van der Waals surface area contributed by atoms with Crippen molar-refractivity contribution in [2.75, 3.05) is 6.61 Å². The minimum Gasteiger partial charge on any atom is -0.395 e. The molecule has 0 bridgehead atoms. The molecule has 4 nitrogen and oxygen atoms in total. The van der Waals surface area contributed by atoms with Gasteiger partial charge in [0.25, 0.3) is 0 Å². The van der Waals surface area contributed by atoms with E-state index < -0.39 is 10.0 Å². The Kier molecular flexibility index (Phi) is 5.35. The number of sulfonamides is 1. The maximum absolute atomic E-state index is 12.1. The second kappa shape index (κ2) is 6.55. The lowest BCUT2D eigenvalue weighted by molar-refractivity contribution is 0.305. The number of hydrogen-bond donors (Lipinski definition) is 2. The van der Waals surface area contributed by atoms with Crippen LogP contribution in [0.4, 0.5) is 0 Å². The van der Waals surface area contributed by atoms with E-state index in [0.29, 0.717) is 12.0 Å². The molecule has 0 radical (unpaired) electrons. The lowest BCUT2D eigenvalue weighted by atomic mass is 10.2. The second-order valence-corrected chi connectivity index (χ2v) is 5.73. The first-order valence-electron chi connectivity index (χ1n) is 5.68. The summed E-state index contributed by atoms with van der Waals surface area (Å²) in [5, 5.41) is 8.66. The van der Waals surface area contributed by atoms with E-state index in [2.05, 4.69) is 16.6 Å². The largest absolute Gasteiger partial charge is 0.395 e. The predicted octanol–water partition coefficient (Wildman–Crippen LogP) is 1.11. The molecule has 0 heterocycles. The summed E-state index contributed by atoms with van der Waals surface area (Å²) in [4.78, 5) is 0.170. The monoisotopic (exact) mass is 267 g/mol. The molecular weight excluding hydrogens is 250 g/mol. The molecule has 0 aliphatic carbocycles. The van der Waals surface area contributed by atoms with Gasteiger partial charge in [-0.3, -0.25) is 0 Å². The highest BCUT2D eigenvalue weighted by molar-refractivity contribution is 7.89. The molecule has 0 fully saturated rings. The van der Waals surface area contributed by atoms with Crippen LogP contribution in [0.1, 0.15) is 25.8 Å². The van der Waals surface area contributed by atoms with Crippen LogP contribution < -0.4 is 4.72 Å². The van der Waals surface area contributed by atoms with E-state index in [0.717, 1.165) is 0 Å². The van der Waals surface area contributed by atoms with Gasteiger partial charge in [0, 0.05) is 18.0 Å². The molecule has 0 spiro atoms. The van der Waals surface area contributed by atoms with Gasteiger partial charge in [0.05, 0.1) is 11.5 Å². The number of benzene rings is 1. The maximum Gasteiger partial charge on any atom is 0.242 e. The lowest BCUT2D eigenvalue weighted by Gasteiger charge is -2.10. The van der Waals surface area contributed by atoms with Crippen molar-refractivity contribution in [2.45, 2.75) is 31.2 Å². The molecule has 0 saturated heterocycles. The fourth-order valence-electron chi connectivity index (χ4n) is 1.39. The summed E-state index contributed by atoms with van der Waals surface area (Å²) in [6, 6.07) is 6.39. The molecule has 0 atom stereocenters. The van der Waals surface area contributed by atoms with Crippen molar-refractivity contribution in [1.82, 2.24) is 4.72 Å². The summed E-state index contributed by atoms with van der Waals surface area (Å²) in [6.45, 7) is 3.49. The summed E-state index contributed by atoms with van der Waals surface area (Å²) < 4.78 is 26.7. The molecule has 1 aromatic rings. The van der Waals surface area contributed by atoms with Gasteiger partial charge in [-0.15, -0.1) is 0 Å². The van der Waals surface area contributed by atoms with E-state index in [1.54, 1.807) is 32.0 Å². The molecule has 0 saturated carbocycles. The van der Waals surface area contributed by atoms with E-state index in [4.69, 9.17) is 5.11 Å². The zero-order valence-electron chi connectivity index (χ0n) is 10.5. The number of rotatable bonds is 4. The molecular formula is C13H17NO3S. The summed E-state index contributed by atoms with van der Waals surface area (Å²) in [5.74, 6) is 5.49. The number of aliphatic hydroxyl groups is 1. The SMILES string of the molecule is CC(C)NS(=O)(=O)c1ccccc1C#CCCO. The highest BCUT2D eigenvalue weighted by atomic mass is 32.2. The Bertz CT molecular complexity index is 553. The van der Waals surface area contributed by atoms with Crippen molar-refractivity contribution in [3.05, 3.63) is 29.8 Å². The van der Waals surface area contributed by atoms with Gasteiger partial charge >= 0.3 is 0 Å². The highest BCUT2D eigenvalue weighted by Gasteiger charge is 2.17.